The second kappa shape index (κ2) is 7.04. The Labute approximate surface area is 128 Å². The number of hydrogen-bond acceptors (Lipinski definition) is 6. The van der Waals surface area contributed by atoms with Crippen molar-refractivity contribution < 1.29 is 0 Å². The Kier molecular flexibility index (Phi) is 5.37. The third-order valence-corrected chi connectivity index (χ3v) is 5.41. The summed E-state index contributed by atoms with van der Waals surface area (Å²) in [5, 5.41) is 10.5. The van der Waals surface area contributed by atoms with Crippen molar-refractivity contribution in [3.63, 3.8) is 0 Å². The van der Waals surface area contributed by atoms with E-state index < -0.39 is 0 Å². The van der Waals surface area contributed by atoms with E-state index in [9.17, 15) is 0 Å². The zero-order chi connectivity index (χ0) is 14.5. The highest BCUT2D eigenvalue weighted by Gasteiger charge is 2.20. The van der Waals surface area contributed by atoms with Gasteiger partial charge in [-0.2, -0.15) is 11.8 Å². The molecule has 0 amide bonds. The molecule has 0 spiro atoms. The predicted octanol–water partition coefficient (Wildman–Crippen LogP) is 3.42. The summed E-state index contributed by atoms with van der Waals surface area (Å²) in [5.74, 6) is 1.76. The normalized spacial score (nSPS) is 14.0. The number of thioether (sulfide) groups is 1. The van der Waals surface area contributed by atoms with Crippen LogP contribution in [0.15, 0.2) is 24.5 Å². The zero-order valence-electron chi connectivity index (χ0n) is 12.3. The Morgan fingerprint density at radius 3 is 2.80 bits per heavy atom. The molecule has 0 N–H and O–H groups in total. The van der Waals surface area contributed by atoms with Crippen LogP contribution < -0.4 is 4.90 Å². The summed E-state index contributed by atoms with van der Waals surface area (Å²) in [4.78, 5) is 6.35. The van der Waals surface area contributed by atoms with E-state index in [0.29, 0.717) is 12.0 Å². The molecule has 0 saturated heterocycles. The molecule has 2 rings (SSSR count). The van der Waals surface area contributed by atoms with Crippen LogP contribution in [0.5, 0.6) is 0 Å². The van der Waals surface area contributed by atoms with Crippen LogP contribution in [0.25, 0.3) is 10.6 Å². The van der Waals surface area contributed by atoms with Crippen molar-refractivity contribution in [3.05, 3.63) is 24.5 Å². The lowest BCUT2D eigenvalue weighted by Crippen LogP contribution is -2.35. The van der Waals surface area contributed by atoms with Gasteiger partial charge in [0.1, 0.15) is 0 Å². The lowest BCUT2D eigenvalue weighted by molar-refractivity contribution is 0.512. The molecule has 2 heterocycles. The third-order valence-electron chi connectivity index (χ3n) is 3.49. The van der Waals surface area contributed by atoms with Crippen molar-refractivity contribution >= 4 is 28.2 Å². The van der Waals surface area contributed by atoms with Gasteiger partial charge >= 0.3 is 0 Å². The quantitative estimate of drug-likeness (QED) is 0.818. The maximum Gasteiger partial charge on any atom is 0.208 e. The van der Waals surface area contributed by atoms with E-state index in [-0.39, 0.29) is 0 Å². The lowest BCUT2D eigenvalue weighted by atomic mass is 10.1. The van der Waals surface area contributed by atoms with Gasteiger partial charge < -0.3 is 4.90 Å². The summed E-state index contributed by atoms with van der Waals surface area (Å²) in [6, 6.07) is 4.37. The number of rotatable bonds is 6. The third kappa shape index (κ3) is 3.49. The molecule has 0 aliphatic heterocycles. The standard InChI is InChI=1S/C14H20N4S2/c1-10(9-19-4)11(2)18(3)14-17-16-13(20-14)12-6-5-7-15-8-12/h5-8,10-11H,9H2,1-4H3. The van der Waals surface area contributed by atoms with Crippen LogP contribution in [0.1, 0.15) is 13.8 Å². The van der Waals surface area contributed by atoms with E-state index in [1.807, 2.05) is 30.1 Å². The minimum atomic E-state index is 0.442. The lowest BCUT2D eigenvalue weighted by Gasteiger charge is -2.28. The van der Waals surface area contributed by atoms with Crippen LogP contribution in [-0.2, 0) is 0 Å². The van der Waals surface area contributed by atoms with Gasteiger partial charge in [-0.25, -0.2) is 0 Å². The molecule has 6 heteroatoms. The first-order valence-corrected chi connectivity index (χ1v) is 8.80. The average Bonchev–Trinajstić information content (AvgIpc) is 2.96. The van der Waals surface area contributed by atoms with Crippen molar-refractivity contribution in [1.29, 1.82) is 0 Å². The van der Waals surface area contributed by atoms with E-state index in [1.165, 1.54) is 0 Å². The fourth-order valence-electron chi connectivity index (χ4n) is 1.92. The number of nitrogens with zero attached hydrogens (tertiary/aromatic N) is 4. The second-order valence-corrected chi connectivity index (χ2v) is 6.78. The molecule has 0 aliphatic carbocycles. The van der Waals surface area contributed by atoms with Crippen molar-refractivity contribution in [1.82, 2.24) is 15.2 Å². The maximum atomic E-state index is 4.32. The Morgan fingerprint density at radius 1 is 1.35 bits per heavy atom. The van der Waals surface area contributed by atoms with Crippen molar-refractivity contribution in [2.24, 2.45) is 5.92 Å². The van der Waals surface area contributed by atoms with Gasteiger partial charge in [-0.3, -0.25) is 4.98 Å². The monoisotopic (exact) mass is 308 g/mol. The summed E-state index contributed by atoms with van der Waals surface area (Å²) in [6.07, 6.45) is 5.74. The minimum Gasteiger partial charge on any atom is -0.347 e. The SMILES string of the molecule is CSCC(C)C(C)N(C)c1nnc(-c2cccnc2)s1. The zero-order valence-corrected chi connectivity index (χ0v) is 13.9. The van der Waals surface area contributed by atoms with Crippen LogP contribution in [-0.4, -0.2) is 40.3 Å². The van der Waals surface area contributed by atoms with Gasteiger partial charge in [0.05, 0.1) is 0 Å². The van der Waals surface area contributed by atoms with E-state index in [1.54, 1.807) is 17.5 Å². The molecule has 4 nitrogen and oxygen atoms in total. The molecule has 2 unspecified atom stereocenters. The summed E-state index contributed by atoms with van der Waals surface area (Å²) in [5.41, 5.74) is 1.02. The number of pyridine rings is 1. The van der Waals surface area contributed by atoms with E-state index in [2.05, 4.69) is 47.2 Å². The minimum absolute atomic E-state index is 0.442. The van der Waals surface area contributed by atoms with E-state index >= 15 is 0 Å². The molecular formula is C14H20N4S2. The molecule has 0 radical (unpaired) electrons. The Balaban J connectivity index is 2.12. The largest absolute Gasteiger partial charge is 0.347 e. The molecule has 0 fully saturated rings. The smallest absolute Gasteiger partial charge is 0.208 e. The van der Waals surface area contributed by atoms with Gasteiger partial charge in [0.2, 0.25) is 5.13 Å². The second-order valence-electron chi connectivity index (χ2n) is 4.92. The highest BCUT2D eigenvalue weighted by molar-refractivity contribution is 7.98. The van der Waals surface area contributed by atoms with Crippen LogP contribution in [0.3, 0.4) is 0 Å². The van der Waals surface area contributed by atoms with Gasteiger partial charge in [0.15, 0.2) is 5.01 Å². The van der Waals surface area contributed by atoms with Gasteiger partial charge in [-0.1, -0.05) is 18.3 Å². The van der Waals surface area contributed by atoms with Crippen molar-refractivity contribution in [2.75, 3.05) is 24.0 Å². The van der Waals surface area contributed by atoms with Crippen LogP contribution in [0.2, 0.25) is 0 Å². The average molecular weight is 308 g/mol. The molecule has 0 bridgehead atoms. The molecule has 0 saturated carbocycles. The number of anilines is 1. The molecular weight excluding hydrogens is 288 g/mol. The first-order valence-electron chi connectivity index (χ1n) is 6.59. The Morgan fingerprint density at radius 2 is 2.15 bits per heavy atom. The topological polar surface area (TPSA) is 41.9 Å². The summed E-state index contributed by atoms with van der Waals surface area (Å²) in [7, 11) is 2.09. The highest BCUT2D eigenvalue weighted by atomic mass is 32.2. The Bertz CT molecular complexity index is 529. The molecule has 2 aromatic heterocycles. The first kappa shape index (κ1) is 15.3. The molecule has 2 atom stereocenters. The fraction of sp³-hybridized carbons (Fsp3) is 0.500. The van der Waals surface area contributed by atoms with Crippen LogP contribution in [0, 0.1) is 5.92 Å². The van der Waals surface area contributed by atoms with E-state index in [0.717, 1.165) is 21.5 Å². The number of hydrogen-bond donors (Lipinski definition) is 0. The van der Waals surface area contributed by atoms with Gasteiger partial charge in [-0.15, -0.1) is 10.2 Å². The van der Waals surface area contributed by atoms with Gasteiger partial charge in [0.25, 0.3) is 0 Å². The fourth-order valence-corrected chi connectivity index (χ4v) is 3.61. The maximum absolute atomic E-state index is 4.32. The van der Waals surface area contributed by atoms with Gasteiger partial charge in [0, 0.05) is 31.0 Å². The molecule has 0 aliphatic rings. The molecule has 0 aromatic carbocycles. The van der Waals surface area contributed by atoms with E-state index in [4.69, 9.17) is 0 Å². The number of aromatic nitrogens is 3. The summed E-state index contributed by atoms with van der Waals surface area (Å²) >= 11 is 3.50. The summed E-state index contributed by atoms with van der Waals surface area (Å²) in [6.45, 7) is 4.52. The van der Waals surface area contributed by atoms with Gasteiger partial charge in [-0.05, 0) is 37.0 Å². The highest BCUT2D eigenvalue weighted by Crippen LogP contribution is 2.29. The summed E-state index contributed by atoms with van der Waals surface area (Å²) < 4.78 is 0. The molecule has 108 valence electrons. The Hall–Kier alpha value is -1.14. The predicted molar refractivity (Wildman–Crippen MR) is 88.6 cm³/mol. The van der Waals surface area contributed by atoms with Crippen molar-refractivity contribution in [2.45, 2.75) is 19.9 Å². The molecule has 20 heavy (non-hydrogen) atoms. The van der Waals surface area contributed by atoms with Crippen LogP contribution >= 0.6 is 23.1 Å². The first-order chi connectivity index (χ1) is 9.63. The van der Waals surface area contributed by atoms with Crippen LogP contribution in [0.4, 0.5) is 5.13 Å². The molecule has 2 aromatic rings. The van der Waals surface area contributed by atoms with Crippen molar-refractivity contribution in [3.8, 4) is 10.6 Å².